The summed E-state index contributed by atoms with van der Waals surface area (Å²) in [5, 5.41) is 14.6. The molecule has 0 bridgehead atoms. The molecule has 3 aromatic carbocycles. The highest BCUT2D eigenvalue weighted by molar-refractivity contribution is 5.96. The van der Waals surface area contributed by atoms with Crippen LogP contribution < -0.4 is 0 Å². The van der Waals surface area contributed by atoms with E-state index in [2.05, 4.69) is 11.2 Å². The number of fused-ring (bicyclic) bond motifs is 1. The smallest absolute Gasteiger partial charge is 0.174 e. The molecule has 0 radical (unpaired) electrons. The van der Waals surface area contributed by atoms with Crippen molar-refractivity contribution in [2.45, 2.75) is 0 Å². The molecule has 0 aliphatic heterocycles. The fraction of sp³-hybridized carbons (Fsp3) is 0. The summed E-state index contributed by atoms with van der Waals surface area (Å²) < 4.78 is 5.54. The van der Waals surface area contributed by atoms with Crippen molar-refractivity contribution in [1.82, 2.24) is 5.16 Å². The molecule has 0 aliphatic rings. The van der Waals surface area contributed by atoms with Gasteiger partial charge in [-0.05, 0) is 29.3 Å². The summed E-state index contributed by atoms with van der Waals surface area (Å²) in [6, 6.07) is 27.7. The van der Waals surface area contributed by atoms with Crippen molar-refractivity contribution in [1.29, 1.82) is 5.26 Å². The normalized spacial score (nSPS) is 11.4. The first-order valence-corrected chi connectivity index (χ1v) is 7.97. The van der Waals surface area contributed by atoms with E-state index in [1.165, 1.54) is 0 Å². The lowest BCUT2D eigenvalue weighted by molar-refractivity contribution is 0.441. The van der Waals surface area contributed by atoms with Crippen molar-refractivity contribution in [3.8, 4) is 17.4 Å². The Morgan fingerprint density at radius 1 is 0.920 bits per heavy atom. The van der Waals surface area contributed by atoms with Crippen molar-refractivity contribution in [3.63, 3.8) is 0 Å². The summed E-state index contributed by atoms with van der Waals surface area (Å²) in [5.74, 6) is 0.740. The Hall–Kier alpha value is -3.64. The molecule has 0 fully saturated rings. The molecule has 0 unspecified atom stereocenters. The van der Waals surface area contributed by atoms with Gasteiger partial charge in [0.25, 0.3) is 0 Å². The van der Waals surface area contributed by atoms with Gasteiger partial charge in [-0.2, -0.15) is 5.26 Å². The number of benzene rings is 3. The van der Waals surface area contributed by atoms with Crippen LogP contribution in [0.3, 0.4) is 0 Å². The molecule has 3 nitrogen and oxygen atoms in total. The molecular formula is C22H14N2O. The molecule has 0 aliphatic carbocycles. The number of rotatable bonds is 3. The standard InChI is InChI=1S/C22H14N2O/c23-15-19(17-7-3-1-4-8-17)13-16-11-12-21-20(14-16)22(25-24-21)18-9-5-2-6-10-18/h1-14H/b19-13+. The van der Waals surface area contributed by atoms with Gasteiger partial charge < -0.3 is 4.52 Å². The monoisotopic (exact) mass is 322 g/mol. The van der Waals surface area contributed by atoms with E-state index >= 15 is 0 Å². The summed E-state index contributed by atoms with van der Waals surface area (Å²) in [6.45, 7) is 0. The lowest BCUT2D eigenvalue weighted by atomic mass is 10.0. The second-order valence-corrected chi connectivity index (χ2v) is 5.69. The fourth-order valence-electron chi connectivity index (χ4n) is 2.81. The highest BCUT2D eigenvalue weighted by atomic mass is 16.5. The van der Waals surface area contributed by atoms with Gasteiger partial charge in [0, 0.05) is 5.56 Å². The first-order chi connectivity index (χ1) is 12.3. The Labute approximate surface area is 145 Å². The second-order valence-electron chi connectivity index (χ2n) is 5.69. The van der Waals surface area contributed by atoms with E-state index < -0.39 is 0 Å². The van der Waals surface area contributed by atoms with Crippen LogP contribution in [0.4, 0.5) is 0 Å². The lowest BCUT2D eigenvalue weighted by Crippen LogP contribution is -1.82. The molecule has 0 saturated carbocycles. The molecular weight excluding hydrogens is 308 g/mol. The zero-order valence-corrected chi connectivity index (χ0v) is 13.4. The molecule has 1 aromatic heterocycles. The summed E-state index contributed by atoms with van der Waals surface area (Å²) in [5.41, 5.74) is 4.24. The quantitative estimate of drug-likeness (QED) is 0.366. The van der Waals surface area contributed by atoms with Gasteiger partial charge in [-0.15, -0.1) is 0 Å². The van der Waals surface area contributed by atoms with Gasteiger partial charge in [0.1, 0.15) is 5.52 Å². The minimum atomic E-state index is 0.623. The van der Waals surface area contributed by atoms with Gasteiger partial charge in [0.15, 0.2) is 5.76 Å². The van der Waals surface area contributed by atoms with Crippen LogP contribution in [-0.2, 0) is 0 Å². The first kappa shape index (κ1) is 14.9. The first-order valence-electron chi connectivity index (χ1n) is 7.97. The molecule has 0 amide bonds. The van der Waals surface area contributed by atoms with Gasteiger partial charge >= 0.3 is 0 Å². The Bertz CT molecular complexity index is 1090. The van der Waals surface area contributed by atoms with Crippen LogP contribution in [-0.4, -0.2) is 5.16 Å². The van der Waals surface area contributed by atoms with Crippen molar-refractivity contribution >= 4 is 22.6 Å². The van der Waals surface area contributed by atoms with Gasteiger partial charge in [-0.3, -0.25) is 0 Å². The summed E-state index contributed by atoms with van der Waals surface area (Å²) >= 11 is 0. The minimum absolute atomic E-state index is 0.623. The van der Waals surface area contributed by atoms with Gasteiger partial charge in [-0.1, -0.05) is 71.9 Å². The third kappa shape index (κ3) is 2.93. The predicted molar refractivity (Wildman–Crippen MR) is 99.4 cm³/mol. The SMILES string of the molecule is N#C/C(=C\c1ccc2noc(-c3ccccc3)c2c1)c1ccccc1. The third-order valence-electron chi connectivity index (χ3n) is 4.05. The zero-order chi connectivity index (χ0) is 17.1. The highest BCUT2D eigenvalue weighted by Gasteiger charge is 2.11. The predicted octanol–water partition coefficient (Wildman–Crippen LogP) is 5.56. The van der Waals surface area contributed by atoms with E-state index in [0.29, 0.717) is 5.57 Å². The largest absolute Gasteiger partial charge is 0.355 e. The molecule has 4 rings (SSSR count). The van der Waals surface area contributed by atoms with E-state index in [9.17, 15) is 5.26 Å². The van der Waals surface area contributed by atoms with Crippen LogP contribution in [0.2, 0.25) is 0 Å². The number of nitriles is 1. The average molecular weight is 322 g/mol. The molecule has 0 N–H and O–H groups in total. The van der Waals surface area contributed by atoms with Gasteiger partial charge in [0.2, 0.25) is 0 Å². The van der Waals surface area contributed by atoms with Crippen LogP contribution in [0.25, 0.3) is 33.9 Å². The van der Waals surface area contributed by atoms with Gasteiger partial charge in [0.05, 0.1) is 17.0 Å². The Morgan fingerprint density at radius 2 is 1.64 bits per heavy atom. The molecule has 4 aromatic rings. The van der Waals surface area contributed by atoms with E-state index in [1.807, 2.05) is 84.9 Å². The van der Waals surface area contributed by atoms with Crippen molar-refractivity contribution in [3.05, 3.63) is 90.0 Å². The van der Waals surface area contributed by atoms with Gasteiger partial charge in [-0.25, -0.2) is 0 Å². The maximum absolute atomic E-state index is 9.50. The molecule has 3 heteroatoms. The van der Waals surface area contributed by atoms with Crippen LogP contribution in [0.1, 0.15) is 11.1 Å². The average Bonchev–Trinajstić information content (AvgIpc) is 3.10. The van der Waals surface area contributed by atoms with E-state index in [-0.39, 0.29) is 0 Å². The molecule has 0 spiro atoms. The van der Waals surface area contributed by atoms with Crippen molar-refractivity contribution in [2.24, 2.45) is 0 Å². The minimum Gasteiger partial charge on any atom is -0.355 e. The highest BCUT2D eigenvalue weighted by Crippen LogP contribution is 2.30. The third-order valence-corrected chi connectivity index (χ3v) is 4.05. The van der Waals surface area contributed by atoms with Crippen molar-refractivity contribution in [2.75, 3.05) is 0 Å². The van der Waals surface area contributed by atoms with E-state index in [4.69, 9.17) is 4.52 Å². The number of allylic oxidation sites excluding steroid dienone is 1. The Balaban J connectivity index is 1.82. The number of hydrogen-bond acceptors (Lipinski definition) is 3. The van der Waals surface area contributed by atoms with Crippen LogP contribution in [0.15, 0.2) is 83.4 Å². The number of nitrogens with zero attached hydrogens (tertiary/aromatic N) is 2. The summed E-state index contributed by atoms with van der Waals surface area (Å²) in [6.07, 6.45) is 1.89. The molecule has 1 heterocycles. The van der Waals surface area contributed by atoms with Crippen LogP contribution in [0.5, 0.6) is 0 Å². The molecule has 25 heavy (non-hydrogen) atoms. The summed E-state index contributed by atoms with van der Waals surface area (Å²) in [4.78, 5) is 0. The zero-order valence-electron chi connectivity index (χ0n) is 13.4. The fourth-order valence-corrected chi connectivity index (χ4v) is 2.81. The summed E-state index contributed by atoms with van der Waals surface area (Å²) in [7, 11) is 0. The Morgan fingerprint density at radius 3 is 2.36 bits per heavy atom. The van der Waals surface area contributed by atoms with Crippen LogP contribution >= 0.6 is 0 Å². The van der Waals surface area contributed by atoms with E-state index in [0.717, 1.165) is 33.4 Å². The van der Waals surface area contributed by atoms with Crippen LogP contribution in [0, 0.1) is 11.3 Å². The molecule has 118 valence electrons. The van der Waals surface area contributed by atoms with E-state index in [1.54, 1.807) is 0 Å². The Kier molecular flexibility index (Phi) is 3.86. The topological polar surface area (TPSA) is 49.8 Å². The van der Waals surface area contributed by atoms with Crippen molar-refractivity contribution < 1.29 is 4.52 Å². The lowest BCUT2D eigenvalue weighted by Gasteiger charge is -2.00. The maximum Gasteiger partial charge on any atom is 0.174 e. The molecule has 0 atom stereocenters. The number of hydrogen-bond donors (Lipinski definition) is 0. The maximum atomic E-state index is 9.50. The second kappa shape index (κ2) is 6.46. The molecule has 0 saturated heterocycles. The number of aromatic nitrogens is 1.